The Morgan fingerprint density at radius 3 is 1.38 bits per heavy atom. The molecule has 2 aromatic heterocycles. The molecule has 0 saturated carbocycles. The van der Waals surface area contributed by atoms with E-state index >= 15 is 0 Å². The minimum Gasteiger partial charge on any atom is -0.420 e. The van der Waals surface area contributed by atoms with Crippen molar-refractivity contribution in [3.63, 3.8) is 0 Å². The van der Waals surface area contributed by atoms with Crippen LogP contribution in [0.1, 0.15) is 98.9 Å². The van der Waals surface area contributed by atoms with Crippen LogP contribution < -0.4 is 10.9 Å². The molecule has 0 spiro atoms. The van der Waals surface area contributed by atoms with Crippen LogP contribution in [0.4, 0.5) is 56.6 Å². The van der Waals surface area contributed by atoms with Crippen molar-refractivity contribution >= 4 is 88.4 Å². The van der Waals surface area contributed by atoms with E-state index in [0.717, 1.165) is 83.7 Å². The van der Waals surface area contributed by atoms with E-state index in [9.17, 15) is 59.3 Å². The number of amides is 2. The number of carbonyl (C=O) groups is 2. The number of carbonyl (C=O) groups excluding carboxylic acids is 2. The third-order valence-electron chi connectivity index (χ3n) is 14.1. The van der Waals surface area contributed by atoms with Gasteiger partial charge in [0.2, 0.25) is 46.5 Å². The number of aliphatic hydroxyl groups excluding tert-OH is 2. The molecule has 0 saturated heterocycles. The summed E-state index contributed by atoms with van der Waals surface area (Å²) >= 11 is 23.0. The Bertz CT molecular complexity index is 4110. The molecule has 0 aliphatic rings. The molecule has 0 aliphatic heterocycles. The quantitative estimate of drug-likeness (QED) is 0.0351. The molecule has 93 heavy (non-hydrogen) atoms. The van der Waals surface area contributed by atoms with Crippen LogP contribution in [0.25, 0.3) is 43.0 Å². The normalized spacial score (nSPS) is 12.8. The number of nitrogens with zero attached hydrogens (tertiary/aromatic N) is 7. The fraction of sp³-hybridized carbons (Fsp3) is 0.266. The van der Waals surface area contributed by atoms with E-state index in [1.165, 1.54) is 37.3 Å². The zero-order valence-electron chi connectivity index (χ0n) is 49.9. The van der Waals surface area contributed by atoms with Crippen molar-refractivity contribution in [3.8, 4) is 22.9 Å². The summed E-state index contributed by atoms with van der Waals surface area (Å²) in [6.07, 6.45) is -12.6. The van der Waals surface area contributed by atoms with E-state index in [1.807, 2.05) is 32.7 Å². The number of halogens is 12. The van der Waals surface area contributed by atoms with Crippen LogP contribution >= 0.6 is 42.2 Å². The summed E-state index contributed by atoms with van der Waals surface area (Å²) in [6.45, 7) is 33.4. The van der Waals surface area contributed by atoms with E-state index in [1.54, 1.807) is 45.0 Å². The number of hydrogen-bond donors (Lipinski definition) is 4. The minimum absolute atomic E-state index is 0.0579. The molecule has 0 radical (unpaired) electrons. The van der Waals surface area contributed by atoms with Gasteiger partial charge in [0.1, 0.15) is 0 Å². The van der Waals surface area contributed by atoms with Crippen LogP contribution in [-0.4, -0.2) is 61.3 Å². The SMILES string of the molecule is CP=S.[C-]#[N+]c1ccc(C/C(=C\C)c2nnc(-c3ccc(C(F)(F)F)cc3)o2)c(C)c1Cl.[C-]#[N+]c1ccc(C[C@@H](C(=O)NNC(=O)c2ccc(C(F)(F)F)cc2)[C@H](C)O)c(C)c1Cl.[C-]#[N+]c1ccc(C[C@@H](c2nnc(-c3ccc(C(F)(F)F)cc3)o2)[C@H](C)O)c(C)c1Cl. The van der Waals surface area contributed by atoms with E-state index in [2.05, 4.69) is 57.6 Å². The summed E-state index contributed by atoms with van der Waals surface area (Å²) in [5, 5.41) is 37.2. The lowest BCUT2D eigenvalue weighted by atomic mass is 9.91. The van der Waals surface area contributed by atoms with E-state index < -0.39 is 71.1 Å². The highest BCUT2D eigenvalue weighted by molar-refractivity contribution is 7.96. The van der Waals surface area contributed by atoms with Gasteiger partial charge in [0, 0.05) is 28.7 Å². The Kier molecular flexibility index (Phi) is 26.9. The lowest BCUT2D eigenvalue weighted by Gasteiger charge is -2.21. The monoisotopic (exact) mass is 1380 g/mol. The highest BCUT2D eigenvalue weighted by Gasteiger charge is 2.33. The number of nitrogens with one attached hydrogen (secondary N) is 2. The Hall–Kier alpha value is -8.57. The fourth-order valence-corrected chi connectivity index (χ4v) is 9.30. The van der Waals surface area contributed by atoms with Gasteiger partial charge in [-0.2, -0.15) is 39.5 Å². The van der Waals surface area contributed by atoms with Gasteiger partial charge in [0.25, 0.3) is 5.91 Å². The molecule has 29 heteroatoms. The molecule has 0 bridgehead atoms. The summed E-state index contributed by atoms with van der Waals surface area (Å²) in [5.74, 6) is -2.41. The molecule has 8 rings (SSSR count). The van der Waals surface area contributed by atoms with Crippen LogP contribution in [0.15, 0.2) is 124 Å². The predicted octanol–water partition coefficient (Wildman–Crippen LogP) is 18.1. The fourth-order valence-electron chi connectivity index (χ4n) is 8.62. The van der Waals surface area contributed by atoms with Crippen molar-refractivity contribution in [2.75, 3.05) is 6.66 Å². The van der Waals surface area contributed by atoms with Gasteiger partial charge in [-0.3, -0.25) is 20.4 Å². The Morgan fingerprint density at radius 1 is 0.591 bits per heavy atom. The van der Waals surface area contributed by atoms with Crippen LogP contribution in [0.2, 0.25) is 15.1 Å². The van der Waals surface area contributed by atoms with Crippen molar-refractivity contribution in [1.82, 2.24) is 31.2 Å². The number of alkyl halides is 9. The van der Waals surface area contributed by atoms with Crippen molar-refractivity contribution < 1.29 is 68.2 Å². The van der Waals surface area contributed by atoms with Crippen molar-refractivity contribution in [3.05, 3.63) is 232 Å². The molecule has 6 aromatic carbocycles. The predicted molar refractivity (Wildman–Crippen MR) is 338 cm³/mol. The van der Waals surface area contributed by atoms with Crippen LogP contribution in [0.5, 0.6) is 0 Å². The summed E-state index contributed by atoms with van der Waals surface area (Å²) in [6, 6.07) is 22.4. The summed E-state index contributed by atoms with van der Waals surface area (Å²) in [7, 11) is 1.00. The van der Waals surface area contributed by atoms with Gasteiger partial charge in [0.05, 0.1) is 75.5 Å². The second kappa shape index (κ2) is 33.3. The average Bonchev–Trinajstić information content (AvgIpc) is 1.85. The highest BCUT2D eigenvalue weighted by atomic mass is 35.5. The summed E-state index contributed by atoms with van der Waals surface area (Å²) < 4.78 is 125. The molecule has 15 nitrogen and oxygen atoms in total. The zero-order valence-corrected chi connectivity index (χ0v) is 53.9. The first-order valence-corrected chi connectivity index (χ1v) is 30.7. The van der Waals surface area contributed by atoms with E-state index in [-0.39, 0.29) is 46.3 Å². The third kappa shape index (κ3) is 20.2. The number of hydrazine groups is 1. The lowest BCUT2D eigenvalue weighted by molar-refractivity contribution is -0.138. The van der Waals surface area contributed by atoms with Gasteiger partial charge >= 0.3 is 18.5 Å². The molecular weight excluding hydrogens is 1330 g/mol. The van der Waals surface area contributed by atoms with E-state index in [0.29, 0.717) is 56.5 Å². The number of rotatable bonds is 14. The second-order valence-corrected chi connectivity index (χ2v) is 22.8. The maximum absolute atomic E-state index is 12.7. The van der Waals surface area contributed by atoms with Crippen molar-refractivity contribution in [1.29, 1.82) is 0 Å². The van der Waals surface area contributed by atoms with Gasteiger partial charge in [-0.15, -0.1) is 20.4 Å². The smallest absolute Gasteiger partial charge is 0.416 e. The second-order valence-electron chi connectivity index (χ2n) is 20.2. The molecule has 0 aliphatic carbocycles. The Balaban J connectivity index is 0.000000247. The van der Waals surface area contributed by atoms with Crippen LogP contribution in [0, 0.1) is 46.4 Å². The van der Waals surface area contributed by atoms with Gasteiger partial charge in [-0.05, 0) is 175 Å². The zero-order chi connectivity index (χ0) is 69.3. The first-order valence-electron chi connectivity index (χ1n) is 27.2. The van der Waals surface area contributed by atoms with Gasteiger partial charge in [0.15, 0.2) is 0 Å². The first-order chi connectivity index (χ1) is 43.7. The minimum atomic E-state index is -4.53. The molecule has 486 valence electrons. The Morgan fingerprint density at radius 2 is 0.978 bits per heavy atom. The molecule has 2 heterocycles. The molecular formula is C64H54Cl3F9N9O6PS. The number of benzene rings is 6. The van der Waals surface area contributed by atoms with Crippen molar-refractivity contribution in [2.45, 2.75) is 97.5 Å². The molecule has 8 aromatic rings. The first kappa shape index (κ1) is 75.2. The van der Waals surface area contributed by atoms with Gasteiger partial charge < -0.3 is 19.0 Å². The molecule has 0 fully saturated rings. The maximum atomic E-state index is 12.7. The highest BCUT2D eigenvalue weighted by Crippen LogP contribution is 2.38. The number of aromatic nitrogens is 4. The maximum Gasteiger partial charge on any atom is 0.416 e. The average molecular weight is 1390 g/mol. The van der Waals surface area contributed by atoms with Crippen LogP contribution in [0.3, 0.4) is 0 Å². The number of hydrogen-bond acceptors (Lipinski definition) is 11. The molecule has 4 atom stereocenters. The summed E-state index contributed by atoms with van der Waals surface area (Å²) in [5.41, 5.74) is 8.75. The lowest BCUT2D eigenvalue weighted by Crippen LogP contribution is -2.47. The third-order valence-corrected chi connectivity index (χ3v) is 15.5. The number of aliphatic hydroxyl groups is 2. The van der Waals surface area contributed by atoms with Gasteiger partial charge in [-0.1, -0.05) is 89.1 Å². The number of allylic oxidation sites excluding steroid dienone is 2. The Labute approximate surface area is 549 Å². The van der Waals surface area contributed by atoms with E-state index in [4.69, 9.17) is 63.4 Å². The summed E-state index contributed by atoms with van der Waals surface area (Å²) in [4.78, 5) is 34.7. The molecule has 0 unspecified atom stereocenters. The van der Waals surface area contributed by atoms with Crippen molar-refractivity contribution in [2.24, 2.45) is 5.92 Å². The van der Waals surface area contributed by atoms with Gasteiger partial charge in [-0.25, -0.2) is 14.5 Å². The standard InChI is InChI=1S/C21H19ClF3N3O3.C21H17ClF3N3O2.C21H15ClF3N3O.CH3PS/c1-11-14(6-9-17(26-3)18(11)22)10-16(12(2)29)20(31)28-27-19(30)13-4-7-15(8-5-13)21(23,24)25;1-11-14(6-9-17(26-3)18(11)22)10-16(12(2)29)20-28-27-19(30-20)13-4-7-15(8-5-13)21(23,24)25;1-4-13(11-15-7-10-17(26-3)18(22)12(15)2)19-27-28-20(29-19)14-5-8-16(9-6-14)21(23,24)25;1-2-3/h4-9,12,16,29H,10H2,1-2H3,(H,27,30)(H,28,31);4-9,12,16,29H,10H2,1-2H3;4-10H,11H2,1-2H3;1H3/b;;13-4+;/t2*12-,16+;;/m00../s1. The molecule has 4 N–H and O–H groups in total. The topological polar surface area (TPSA) is 190 Å². The largest absolute Gasteiger partial charge is 0.420 e. The molecule has 2 amide bonds. The van der Waals surface area contributed by atoms with Crippen LogP contribution in [-0.2, 0) is 54.4 Å².